The lowest BCUT2D eigenvalue weighted by Gasteiger charge is -2.28. The average molecular weight is 380 g/mol. The summed E-state index contributed by atoms with van der Waals surface area (Å²) in [6.07, 6.45) is 13.6. The van der Waals surface area contributed by atoms with Crippen LogP contribution in [0.1, 0.15) is 63.6 Å². The third kappa shape index (κ3) is 3.02. The van der Waals surface area contributed by atoms with Gasteiger partial charge in [-0.3, -0.25) is 4.40 Å². The van der Waals surface area contributed by atoms with E-state index in [1.807, 2.05) is 12.3 Å². The van der Waals surface area contributed by atoms with Crippen LogP contribution in [0.15, 0.2) is 18.5 Å². The molecule has 0 saturated heterocycles. The minimum atomic E-state index is 0.299. The summed E-state index contributed by atoms with van der Waals surface area (Å²) in [7, 11) is 0. The summed E-state index contributed by atoms with van der Waals surface area (Å²) in [4.78, 5) is 7.62. The number of hydrogen-bond acceptors (Lipinski definition) is 5. The normalized spacial score (nSPS) is 31.0. The van der Waals surface area contributed by atoms with Crippen LogP contribution in [0, 0.1) is 17.2 Å². The summed E-state index contributed by atoms with van der Waals surface area (Å²) in [5, 5.41) is 16.4. The third-order valence-corrected chi connectivity index (χ3v) is 6.81. The van der Waals surface area contributed by atoms with Crippen LogP contribution in [-0.2, 0) is 4.74 Å². The van der Waals surface area contributed by atoms with E-state index in [1.165, 1.54) is 0 Å². The predicted octanol–water partition coefficient (Wildman–Crippen LogP) is 4.10. The number of aromatic nitrogens is 5. The van der Waals surface area contributed by atoms with Crippen LogP contribution in [0.2, 0.25) is 0 Å². The maximum absolute atomic E-state index is 7.47. The first-order chi connectivity index (χ1) is 13.8. The zero-order valence-electron chi connectivity index (χ0n) is 16.3. The molecule has 0 spiro atoms. The van der Waals surface area contributed by atoms with Crippen molar-refractivity contribution in [1.82, 2.24) is 24.6 Å². The van der Waals surface area contributed by atoms with E-state index < -0.39 is 0 Å². The Labute approximate surface area is 164 Å². The highest BCUT2D eigenvalue weighted by atomic mass is 16.5. The topological polar surface area (TPSA) is 91.9 Å². The fourth-order valence-electron chi connectivity index (χ4n) is 5.25. The standard InChI is InChI=1S/C21H28N6O/c1-2-14-9-16(28-15-5-3-13(11-22)4-6-15)10-17(14)21-26-25-19-12-24-20-18(27(19)21)7-8-23-20/h7-8,11-17,22-23H,2-6,9-10H2,1H3/t13?,14-,15?,16-,17+/m1/s1. The molecule has 5 rings (SSSR count). The summed E-state index contributed by atoms with van der Waals surface area (Å²) in [5.74, 6) is 2.44. The summed E-state index contributed by atoms with van der Waals surface area (Å²) < 4.78 is 8.71. The van der Waals surface area contributed by atoms with Gasteiger partial charge >= 0.3 is 0 Å². The Kier molecular flexibility index (Phi) is 4.62. The van der Waals surface area contributed by atoms with Crippen molar-refractivity contribution in [2.75, 3.05) is 0 Å². The second-order valence-electron chi connectivity index (χ2n) is 8.43. The van der Waals surface area contributed by atoms with Crippen molar-refractivity contribution >= 4 is 23.0 Å². The molecular formula is C21H28N6O. The van der Waals surface area contributed by atoms with Gasteiger partial charge in [-0.25, -0.2) is 4.98 Å². The molecule has 2 N–H and O–H groups in total. The number of hydrogen-bond donors (Lipinski definition) is 2. The Bertz CT molecular complexity index is 970. The Hall–Kier alpha value is -2.28. The maximum Gasteiger partial charge on any atom is 0.179 e. The molecule has 7 nitrogen and oxygen atoms in total. The molecular weight excluding hydrogens is 352 g/mol. The molecule has 2 aliphatic carbocycles. The number of nitrogens with zero attached hydrogens (tertiary/aromatic N) is 4. The van der Waals surface area contributed by atoms with Crippen LogP contribution in [0.25, 0.3) is 16.8 Å². The van der Waals surface area contributed by atoms with Crippen molar-refractivity contribution in [3.8, 4) is 0 Å². The first kappa shape index (κ1) is 17.8. The highest BCUT2D eigenvalue weighted by molar-refractivity contribution is 5.74. The van der Waals surface area contributed by atoms with E-state index in [4.69, 9.17) is 10.1 Å². The summed E-state index contributed by atoms with van der Waals surface area (Å²) >= 11 is 0. The molecule has 0 radical (unpaired) electrons. The number of nitrogens with one attached hydrogen (secondary N) is 2. The monoisotopic (exact) mass is 380 g/mol. The minimum absolute atomic E-state index is 0.299. The zero-order chi connectivity index (χ0) is 19.1. The number of rotatable bonds is 5. The zero-order valence-corrected chi connectivity index (χ0v) is 16.3. The number of ether oxygens (including phenoxy) is 1. The molecule has 3 heterocycles. The predicted molar refractivity (Wildman–Crippen MR) is 108 cm³/mol. The van der Waals surface area contributed by atoms with Crippen molar-refractivity contribution in [1.29, 1.82) is 5.41 Å². The van der Waals surface area contributed by atoms with Crippen molar-refractivity contribution in [2.24, 2.45) is 11.8 Å². The Morgan fingerprint density at radius 1 is 1.21 bits per heavy atom. The van der Waals surface area contributed by atoms with E-state index in [2.05, 4.69) is 31.5 Å². The van der Waals surface area contributed by atoms with Gasteiger partial charge in [-0.05, 0) is 62.6 Å². The van der Waals surface area contributed by atoms with E-state index in [0.29, 0.717) is 30.0 Å². The van der Waals surface area contributed by atoms with Gasteiger partial charge in [0.2, 0.25) is 0 Å². The van der Waals surface area contributed by atoms with Crippen LogP contribution in [0.3, 0.4) is 0 Å². The molecule has 0 aliphatic heterocycles. The van der Waals surface area contributed by atoms with E-state index >= 15 is 0 Å². The van der Waals surface area contributed by atoms with Gasteiger partial charge < -0.3 is 15.1 Å². The summed E-state index contributed by atoms with van der Waals surface area (Å²) in [6.45, 7) is 2.27. The van der Waals surface area contributed by atoms with Gasteiger partial charge in [0.25, 0.3) is 0 Å². The molecule has 2 fully saturated rings. The molecule has 148 valence electrons. The van der Waals surface area contributed by atoms with Crippen LogP contribution < -0.4 is 0 Å². The SMILES string of the molecule is CC[C@@H]1C[C@@H](OC2CCC(C=N)CC2)C[C@@H]1c1nnc2cnc3[nH]ccc3n12. The fourth-order valence-corrected chi connectivity index (χ4v) is 5.25. The van der Waals surface area contributed by atoms with Gasteiger partial charge in [-0.2, -0.15) is 0 Å². The number of fused-ring (bicyclic) bond motifs is 3. The van der Waals surface area contributed by atoms with Crippen LogP contribution in [0.5, 0.6) is 0 Å². The van der Waals surface area contributed by atoms with Gasteiger partial charge in [0.1, 0.15) is 5.82 Å². The molecule has 28 heavy (non-hydrogen) atoms. The lowest BCUT2D eigenvalue weighted by molar-refractivity contribution is -0.0310. The molecule has 0 amide bonds. The first-order valence-corrected chi connectivity index (χ1v) is 10.6. The highest BCUT2D eigenvalue weighted by Crippen LogP contribution is 2.43. The van der Waals surface area contributed by atoms with Gasteiger partial charge in [0.05, 0.1) is 23.9 Å². The second kappa shape index (κ2) is 7.28. The summed E-state index contributed by atoms with van der Waals surface area (Å²) in [5.41, 5.74) is 2.73. The molecule has 0 aromatic carbocycles. The van der Waals surface area contributed by atoms with Crippen molar-refractivity contribution in [3.05, 3.63) is 24.3 Å². The maximum atomic E-state index is 7.47. The van der Waals surface area contributed by atoms with Gasteiger partial charge in [0, 0.05) is 12.1 Å². The van der Waals surface area contributed by atoms with Crippen molar-refractivity contribution in [2.45, 2.75) is 70.0 Å². The van der Waals surface area contributed by atoms with Gasteiger partial charge in [-0.15, -0.1) is 10.2 Å². The average Bonchev–Trinajstić information content (AvgIpc) is 3.45. The van der Waals surface area contributed by atoms with Gasteiger partial charge in [0.15, 0.2) is 11.3 Å². The molecule has 3 atom stereocenters. The van der Waals surface area contributed by atoms with Gasteiger partial charge in [-0.1, -0.05) is 13.3 Å². The first-order valence-electron chi connectivity index (χ1n) is 10.6. The van der Waals surface area contributed by atoms with E-state index in [0.717, 1.165) is 67.6 Å². The van der Waals surface area contributed by atoms with Crippen LogP contribution >= 0.6 is 0 Å². The Balaban J connectivity index is 1.37. The van der Waals surface area contributed by atoms with E-state index in [-0.39, 0.29) is 0 Å². The number of H-pyrrole nitrogens is 1. The Morgan fingerprint density at radius 3 is 2.86 bits per heavy atom. The molecule has 3 aromatic heterocycles. The quantitative estimate of drug-likeness (QED) is 0.652. The van der Waals surface area contributed by atoms with E-state index in [9.17, 15) is 0 Å². The molecule has 0 unspecified atom stereocenters. The molecule has 0 bridgehead atoms. The Morgan fingerprint density at radius 2 is 2.07 bits per heavy atom. The van der Waals surface area contributed by atoms with Crippen LogP contribution in [-0.4, -0.2) is 43.0 Å². The second-order valence-corrected chi connectivity index (χ2v) is 8.43. The third-order valence-electron chi connectivity index (χ3n) is 6.81. The van der Waals surface area contributed by atoms with E-state index in [1.54, 1.807) is 12.4 Å². The summed E-state index contributed by atoms with van der Waals surface area (Å²) in [6, 6.07) is 2.05. The largest absolute Gasteiger partial charge is 0.375 e. The molecule has 7 heteroatoms. The highest BCUT2D eigenvalue weighted by Gasteiger charge is 2.39. The minimum Gasteiger partial charge on any atom is -0.375 e. The molecule has 2 saturated carbocycles. The van der Waals surface area contributed by atoms with Crippen molar-refractivity contribution < 1.29 is 4.74 Å². The van der Waals surface area contributed by atoms with Crippen molar-refractivity contribution in [3.63, 3.8) is 0 Å². The molecule has 2 aliphatic rings. The molecule has 3 aromatic rings. The smallest absolute Gasteiger partial charge is 0.179 e. The van der Waals surface area contributed by atoms with Crippen LogP contribution in [0.4, 0.5) is 0 Å². The number of aromatic amines is 1. The fraction of sp³-hybridized carbons (Fsp3) is 0.619. The lowest BCUT2D eigenvalue weighted by atomic mass is 9.88. The lowest BCUT2D eigenvalue weighted by Crippen LogP contribution is -2.26.